The van der Waals surface area contributed by atoms with Gasteiger partial charge in [0.05, 0.1) is 27.7 Å². The molecule has 0 atom stereocenters. The maximum absolute atomic E-state index is 13.5. The second-order valence-electron chi connectivity index (χ2n) is 7.41. The molecule has 3 aromatic carbocycles. The number of nitro groups is 1. The maximum atomic E-state index is 13.5. The molecule has 0 spiro atoms. The van der Waals surface area contributed by atoms with Crippen molar-refractivity contribution in [2.24, 2.45) is 0 Å². The average Bonchev–Trinajstić information content (AvgIpc) is 2.88. The zero-order chi connectivity index (χ0) is 26.1. The van der Waals surface area contributed by atoms with Gasteiger partial charge in [0.1, 0.15) is 12.2 Å². The third-order valence-electron chi connectivity index (χ3n) is 5.00. The van der Waals surface area contributed by atoms with Crippen LogP contribution in [0.2, 0.25) is 0 Å². The van der Waals surface area contributed by atoms with E-state index in [9.17, 15) is 28.1 Å². The summed E-state index contributed by atoms with van der Waals surface area (Å²) in [4.78, 5) is 36.3. The zero-order valence-electron chi connectivity index (χ0n) is 19.3. The third kappa shape index (κ3) is 6.23. The highest BCUT2D eigenvalue weighted by atomic mass is 32.2. The number of amides is 2. The fourth-order valence-corrected chi connectivity index (χ4v) is 4.78. The minimum Gasteiger partial charge on any atom is -0.383 e. The van der Waals surface area contributed by atoms with Crippen LogP contribution in [0.5, 0.6) is 0 Å². The Balaban J connectivity index is 1.95. The van der Waals surface area contributed by atoms with Crippen LogP contribution in [0, 0.1) is 10.1 Å². The highest BCUT2D eigenvalue weighted by molar-refractivity contribution is 7.92. The number of nitrogens with one attached hydrogen (secondary N) is 2. The van der Waals surface area contributed by atoms with E-state index < -0.39 is 39.0 Å². The van der Waals surface area contributed by atoms with Crippen LogP contribution in [0.1, 0.15) is 10.4 Å². The molecule has 0 bridgehead atoms. The highest BCUT2D eigenvalue weighted by Crippen LogP contribution is 2.32. The van der Waals surface area contributed by atoms with Gasteiger partial charge in [-0.1, -0.05) is 42.5 Å². The minimum absolute atomic E-state index is 0.145. The number of methoxy groups -OCH3 is 1. The van der Waals surface area contributed by atoms with Gasteiger partial charge < -0.3 is 15.4 Å². The molecule has 0 unspecified atom stereocenters. The number of hydrogen-bond acceptors (Lipinski definition) is 7. The SMILES string of the molecule is COCCNC(=O)c1ccccc1NC(=O)CN(c1ccccc1[N+](=O)[O-])S(=O)(=O)c1ccccc1. The van der Waals surface area contributed by atoms with Gasteiger partial charge in [-0.15, -0.1) is 0 Å². The second-order valence-corrected chi connectivity index (χ2v) is 9.28. The molecule has 11 nitrogen and oxygen atoms in total. The first-order valence-electron chi connectivity index (χ1n) is 10.7. The molecule has 0 aliphatic carbocycles. The van der Waals surface area contributed by atoms with Crippen LogP contribution >= 0.6 is 0 Å². The topological polar surface area (TPSA) is 148 Å². The van der Waals surface area contributed by atoms with Crippen molar-refractivity contribution in [1.82, 2.24) is 5.32 Å². The molecule has 12 heteroatoms. The molecular weight excluding hydrogens is 488 g/mol. The number of nitrogens with zero attached hydrogens (tertiary/aromatic N) is 2. The first-order chi connectivity index (χ1) is 17.3. The van der Waals surface area contributed by atoms with E-state index in [1.54, 1.807) is 18.2 Å². The Labute approximate surface area is 207 Å². The molecule has 0 aromatic heterocycles. The number of benzene rings is 3. The van der Waals surface area contributed by atoms with Gasteiger partial charge in [0.15, 0.2) is 0 Å². The summed E-state index contributed by atoms with van der Waals surface area (Å²) < 4.78 is 32.5. The number of sulfonamides is 1. The minimum atomic E-state index is -4.36. The molecule has 0 heterocycles. The molecule has 188 valence electrons. The number of rotatable bonds is 11. The van der Waals surface area contributed by atoms with Crippen LogP contribution in [-0.2, 0) is 19.6 Å². The van der Waals surface area contributed by atoms with Crippen LogP contribution in [0.25, 0.3) is 0 Å². The lowest BCUT2D eigenvalue weighted by atomic mass is 10.1. The van der Waals surface area contributed by atoms with Gasteiger partial charge in [0.2, 0.25) is 5.91 Å². The molecule has 0 radical (unpaired) electrons. The number of carbonyl (C=O) groups is 2. The van der Waals surface area contributed by atoms with Crippen LogP contribution < -0.4 is 14.9 Å². The Bertz CT molecular complexity index is 1350. The first kappa shape index (κ1) is 26.3. The fraction of sp³-hybridized carbons (Fsp3) is 0.167. The number of anilines is 2. The van der Waals surface area contributed by atoms with Crippen molar-refractivity contribution in [3.63, 3.8) is 0 Å². The molecule has 0 aliphatic rings. The summed E-state index contributed by atoms with van der Waals surface area (Å²) in [6.07, 6.45) is 0. The summed E-state index contributed by atoms with van der Waals surface area (Å²) in [5.41, 5.74) is -0.447. The van der Waals surface area contributed by atoms with Gasteiger partial charge in [-0.25, -0.2) is 12.7 Å². The van der Waals surface area contributed by atoms with Crippen LogP contribution in [-0.4, -0.2) is 52.0 Å². The van der Waals surface area contributed by atoms with Gasteiger partial charge in [-0.2, -0.15) is 0 Å². The van der Waals surface area contributed by atoms with Crippen molar-refractivity contribution in [3.8, 4) is 0 Å². The lowest BCUT2D eigenvalue weighted by Crippen LogP contribution is -2.38. The zero-order valence-corrected chi connectivity index (χ0v) is 20.1. The standard InChI is InChI=1S/C24H24N4O7S/c1-35-16-15-25-24(30)19-11-5-6-12-20(19)26-23(29)17-27(21-13-7-8-14-22(21)28(31)32)36(33,34)18-9-3-2-4-10-18/h2-14H,15-17H2,1H3,(H,25,30)(H,26,29). The van der Waals surface area contributed by atoms with E-state index >= 15 is 0 Å². The van der Waals surface area contributed by atoms with E-state index in [0.29, 0.717) is 10.9 Å². The second kappa shape index (κ2) is 11.9. The lowest BCUT2D eigenvalue weighted by Gasteiger charge is -2.24. The highest BCUT2D eigenvalue weighted by Gasteiger charge is 2.32. The third-order valence-corrected chi connectivity index (χ3v) is 6.78. The molecule has 36 heavy (non-hydrogen) atoms. The van der Waals surface area contributed by atoms with Gasteiger partial charge in [0.25, 0.3) is 21.6 Å². The Kier molecular flexibility index (Phi) is 8.71. The first-order valence-corrected chi connectivity index (χ1v) is 12.2. The van der Waals surface area contributed by atoms with Crippen LogP contribution in [0.3, 0.4) is 0 Å². The summed E-state index contributed by atoms with van der Waals surface area (Å²) in [5, 5.41) is 16.8. The number of carbonyl (C=O) groups excluding carboxylic acids is 2. The summed E-state index contributed by atoms with van der Waals surface area (Å²) in [6, 6.07) is 18.7. The Morgan fingerprint density at radius 2 is 1.61 bits per heavy atom. The van der Waals surface area contributed by atoms with Gasteiger partial charge in [-0.05, 0) is 30.3 Å². The molecule has 0 fully saturated rings. The van der Waals surface area contributed by atoms with E-state index in [4.69, 9.17) is 4.74 Å². The fourth-order valence-electron chi connectivity index (χ4n) is 3.32. The summed E-state index contributed by atoms with van der Waals surface area (Å²) in [6.45, 7) is -0.234. The number of nitro benzene ring substituents is 1. The number of hydrogen-bond donors (Lipinski definition) is 2. The van der Waals surface area contributed by atoms with Crippen molar-refractivity contribution < 1.29 is 27.7 Å². The van der Waals surface area contributed by atoms with Gasteiger partial charge in [0, 0.05) is 19.7 Å². The molecule has 2 N–H and O–H groups in total. The Morgan fingerprint density at radius 3 is 2.31 bits per heavy atom. The Hall–Kier alpha value is -4.29. The van der Waals surface area contributed by atoms with E-state index in [0.717, 1.165) is 6.07 Å². The molecule has 0 aliphatic heterocycles. The van der Waals surface area contributed by atoms with Gasteiger partial charge in [-0.3, -0.25) is 19.7 Å². The molecule has 3 aromatic rings. The van der Waals surface area contributed by atoms with E-state index in [1.807, 2.05) is 0 Å². The number of ether oxygens (including phenoxy) is 1. The van der Waals surface area contributed by atoms with Crippen molar-refractivity contribution in [2.75, 3.05) is 36.4 Å². The quantitative estimate of drug-likeness (QED) is 0.228. The van der Waals surface area contributed by atoms with Crippen molar-refractivity contribution in [2.45, 2.75) is 4.90 Å². The summed E-state index contributed by atoms with van der Waals surface area (Å²) in [7, 11) is -2.87. The smallest absolute Gasteiger partial charge is 0.293 e. The van der Waals surface area contributed by atoms with E-state index in [1.165, 1.54) is 61.7 Å². The van der Waals surface area contributed by atoms with Crippen molar-refractivity contribution in [3.05, 3.63) is 94.5 Å². The van der Waals surface area contributed by atoms with E-state index in [-0.39, 0.29) is 28.4 Å². The monoisotopic (exact) mass is 512 g/mol. The largest absolute Gasteiger partial charge is 0.383 e. The van der Waals surface area contributed by atoms with Crippen molar-refractivity contribution >= 4 is 38.9 Å². The summed E-state index contributed by atoms with van der Waals surface area (Å²) in [5.74, 6) is -1.26. The predicted molar refractivity (Wildman–Crippen MR) is 133 cm³/mol. The average molecular weight is 513 g/mol. The summed E-state index contributed by atoms with van der Waals surface area (Å²) >= 11 is 0. The maximum Gasteiger partial charge on any atom is 0.293 e. The lowest BCUT2D eigenvalue weighted by molar-refractivity contribution is -0.384. The van der Waals surface area contributed by atoms with Crippen LogP contribution in [0.4, 0.5) is 17.1 Å². The van der Waals surface area contributed by atoms with Crippen molar-refractivity contribution in [1.29, 1.82) is 0 Å². The normalized spacial score (nSPS) is 10.9. The van der Waals surface area contributed by atoms with Gasteiger partial charge >= 0.3 is 0 Å². The van der Waals surface area contributed by atoms with Crippen LogP contribution in [0.15, 0.2) is 83.8 Å². The molecule has 2 amide bonds. The molecule has 0 saturated heterocycles. The molecular formula is C24H24N4O7S. The predicted octanol–water partition coefficient (Wildman–Crippen LogP) is 2.81. The Morgan fingerprint density at radius 1 is 0.972 bits per heavy atom. The van der Waals surface area contributed by atoms with E-state index in [2.05, 4.69) is 10.6 Å². The number of para-hydroxylation sites is 3. The molecule has 0 saturated carbocycles. The molecule has 3 rings (SSSR count).